The molecule has 0 spiro atoms. The zero-order valence-corrected chi connectivity index (χ0v) is 6.49. The van der Waals surface area contributed by atoms with Crippen molar-refractivity contribution in [1.29, 1.82) is 0 Å². The van der Waals surface area contributed by atoms with Crippen molar-refractivity contribution in [2.24, 2.45) is 0 Å². The van der Waals surface area contributed by atoms with E-state index in [4.69, 9.17) is 10.8 Å². The third-order valence-electron chi connectivity index (χ3n) is 1.40. The Morgan fingerprint density at radius 3 is 3.00 bits per heavy atom. The predicted octanol–water partition coefficient (Wildman–Crippen LogP) is 0.664. The Kier molecular flexibility index (Phi) is 2.68. The van der Waals surface area contributed by atoms with E-state index >= 15 is 0 Å². The minimum absolute atomic E-state index is 0.146. The van der Waals surface area contributed by atoms with Gasteiger partial charge in [-0.3, -0.25) is 4.79 Å². The lowest BCUT2D eigenvalue weighted by Gasteiger charge is -1.90. The number of hydrogen-bond acceptors (Lipinski definition) is 4. The number of aryl methyl sites for hydroxylation is 1. The van der Waals surface area contributed by atoms with Crippen LogP contribution in [0.25, 0.3) is 0 Å². The van der Waals surface area contributed by atoms with Gasteiger partial charge in [-0.25, -0.2) is 0 Å². The van der Waals surface area contributed by atoms with Crippen molar-refractivity contribution >= 4 is 11.9 Å². The molecule has 3 N–H and O–H groups in total. The Balaban J connectivity index is 2.29. The van der Waals surface area contributed by atoms with Crippen LogP contribution in [0.3, 0.4) is 0 Å². The van der Waals surface area contributed by atoms with Gasteiger partial charge in [0.05, 0.1) is 5.69 Å². The Morgan fingerprint density at radius 2 is 2.50 bits per heavy atom. The van der Waals surface area contributed by atoms with Crippen LogP contribution in [0.5, 0.6) is 0 Å². The maximum absolute atomic E-state index is 10.1. The van der Waals surface area contributed by atoms with E-state index in [9.17, 15) is 4.79 Å². The molecule has 1 aromatic rings. The van der Waals surface area contributed by atoms with Gasteiger partial charge in [-0.05, 0) is 12.8 Å². The molecule has 5 nitrogen and oxygen atoms in total. The number of rotatable bonds is 4. The van der Waals surface area contributed by atoms with Crippen LogP contribution < -0.4 is 5.73 Å². The summed E-state index contributed by atoms with van der Waals surface area (Å²) in [5.41, 5.74) is 5.97. The number of hydrogen-bond donors (Lipinski definition) is 2. The molecule has 0 aromatic carbocycles. The van der Waals surface area contributed by atoms with Crippen LogP contribution in [0.15, 0.2) is 10.6 Å². The fraction of sp³-hybridized carbons (Fsp3) is 0.429. The first kappa shape index (κ1) is 8.58. The molecule has 5 heteroatoms. The standard InChI is InChI=1S/C7H10N2O3/c8-6-4-5(9-12-6)2-1-3-7(10)11/h4H,1-3,8H2,(H,10,11). The number of nitrogen functional groups attached to an aromatic ring is 1. The van der Waals surface area contributed by atoms with Crippen LogP contribution in [0.1, 0.15) is 18.5 Å². The van der Waals surface area contributed by atoms with Crippen LogP contribution in [0, 0.1) is 0 Å². The van der Waals surface area contributed by atoms with Gasteiger partial charge in [0.1, 0.15) is 0 Å². The Morgan fingerprint density at radius 1 is 1.75 bits per heavy atom. The van der Waals surface area contributed by atoms with Gasteiger partial charge in [0.2, 0.25) is 5.88 Å². The molecule has 12 heavy (non-hydrogen) atoms. The lowest BCUT2D eigenvalue weighted by Crippen LogP contribution is -1.95. The number of nitrogens with zero attached hydrogens (tertiary/aromatic N) is 1. The molecule has 0 fully saturated rings. The van der Waals surface area contributed by atoms with Gasteiger partial charge in [0, 0.05) is 12.5 Å². The van der Waals surface area contributed by atoms with E-state index in [-0.39, 0.29) is 12.3 Å². The van der Waals surface area contributed by atoms with Gasteiger partial charge < -0.3 is 15.4 Å². The molecule has 0 unspecified atom stereocenters. The first-order valence-electron chi connectivity index (χ1n) is 3.61. The molecular weight excluding hydrogens is 160 g/mol. The second-order valence-electron chi connectivity index (χ2n) is 2.47. The van der Waals surface area contributed by atoms with Crippen molar-refractivity contribution in [1.82, 2.24) is 5.16 Å². The zero-order valence-electron chi connectivity index (χ0n) is 6.49. The smallest absolute Gasteiger partial charge is 0.303 e. The lowest BCUT2D eigenvalue weighted by atomic mass is 10.2. The van der Waals surface area contributed by atoms with E-state index in [1.807, 2.05) is 0 Å². The summed E-state index contributed by atoms with van der Waals surface area (Å²) in [7, 11) is 0. The topological polar surface area (TPSA) is 89.4 Å². The molecule has 0 saturated carbocycles. The van der Waals surface area contributed by atoms with Crippen LogP contribution >= 0.6 is 0 Å². The molecular formula is C7H10N2O3. The summed E-state index contributed by atoms with van der Waals surface area (Å²) < 4.78 is 4.60. The van der Waals surface area contributed by atoms with Gasteiger partial charge in [0.15, 0.2) is 0 Å². The summed E-state index contributed by atoms with van der Waals surface area (Å²) in [4.78, 5) is 10.1. The highest BCUT2D eigenvalue weighted by Crippen LogP contribution is 2.07. The van der Waals surface area contributed by atoms with E-state index in [0.717, 1.165) is 0 Å². The molecule has 0 radical (unpaired) electrons. The largest absolute Gasteiger partial charge is 0.481 e. The maximum atomic E-state index is 10.1. The Bertz CT molecular complexity index is 269. The number of anilines is 1. The van der Waals surface area contributed by atoms with Gasteiger partial charge >= 0.3 is 5.97 Å². The normalized spacial score (nSPS) is 10.0. The second kappa shape index (κ2) is 3.75. The summed E-state index contributed by atoms with van der Waals surface area (Å²) in [5.74, 6) is -0.535. The Hall–Kier alpha value is -1.52. The summed E-state index contributed by atoms with van der Waals surface area (Å²) in [5, 5.41) is 11.9. The summed E-state index contributed by atoms with van der Waals surface area (Å²) in [6.07, 6.45) is 1.29. The molecule has 66 valence electrons. The van der Waals surface area contributed by atoms with Gasteiger partial charge in [-0.2, -0.15) is 0 Å². The molecule has 0 aliphatic rings. The molecule has 0 bridgehead atoms. The van der Waals surface area contributed by atoms with E-state index in [2.05, 4.69) is 9.68 Å². The van der Waals surface area contributed by atoms with E-state index in [1.54, 1.807) is 6.07 Å². The first-order valence-corrected chi connectivity index (χ1v) is 3.61. The fourth-order valence-electron chi connectivity index (χ4n) is 0.867. The first-order chi connectivity index (χ1) is 5.68. The van der Waals surface area contributed by atoms with E-state index in [0.29, 0.717) is 18.5 Å². The predicted molar refractivity (Wildman–Crippen MR) is 41.5 cm³/mol. The lowest BCUT2D eigenvalue weighted by molar-refractivity contribution is -0.137. The fourth-order valence-corrected chi connectivity index (χ4v) is 0.867. The van der Waals surface area contributed by atoms with Crippen LogP contribution in [0.4, 0.5) is 5.88 Å². The highest BCUT2D eigenvalue weighted by atomic mass is 16.5. The Labute approximate surface area is 69.2 Å². The molecule has 1 aromatic heterocycles. The van der Waals surface area contributed by atoms with Crippen molar-refractivity contribution < 1.29 is 14.4 Å². The minimum Gasteiger partial charge on any atom is -0.481 e. The van der Waals surface area contributed by atoms with Crippen LogP contribution in [0.2, 0.25) is 0 Å². The minimum atomic E-state index is -0.800. The second-order valence-corrected chi connectivity index (χ2v) is 2.47. The van der Waals surface area contributed by atoms with Gasteiger partial charge in [-0.15, -0.1) is 0 Å². The van der Waals surface area contributed by atoms with Gasteiger partial charge in [-0.1, -0.05) is 5.16 Å². The average Bonchev–Trinajstić information content (AvgIpc) is 2.35. The average molecular weight is 170 g/mol. The van der Waals surface area contributed by atoms with E-state index in [1.165, 1.54) is 0 Å². The van der Waals surface area contributed by atoms with Crippen LogP contribution in [-0.4, -0.2) is 16.2 Å². The number of aliphatic carboxylic acids is 1. The highest BCUT2D eigenvalue weighted by Gasteiger charge is 2.02. The number of carboxylic acids is 1. The summed E-state index contributed by atoms with van der Waals surface area (Å²) in [6.45, 7) is 0. The van der Waals surface area contributed by atoms with Gasteiger partial charge in [0.25, 0.3) is 0 Å². The number of nitrogens with two attached hydrogens (primary N) is 1. The zero-order chi connectivity index (χ0) is 8.97. The number of carbonyl (C=O) groups is 1. The number of aromatic nitrogens is 1. The molecule has 0 aliphatic carbocycles. The number of carboxylic acid groups (broad SMARTS) is 1. The highest BCUT2D eigenvalue weighted by molar-refractivity contribution is 5.66. The summed E-state index contributed by atoms with van der Waals surface area (Å²) in [6, 6.07) is 1.60. The van der Waals surface area contributed by atoms with Crippen LogP contribution in [-0.2, 0) is 11.2 Å². The van der Waals surface area contributed by atoms with Crippen molar-refractivity contribution in [2.75, 3.05) is 5.73 Å². The SMILES string of the molecule is Nc1cc(CCCC(=O)O)no1. The molecule has 0 aliphatic heterocycles. The molecule has 0 amide bonds. The monoisotopic (exact) mass is 170 g/mol. The molecule has 1 heterocycles. The van der Waals surface area contributed by atoms with Crippen molar-refractivity contribution in [3.63, 3.8) is 0 Å². The molecule has 0 saturated heterocycles. The quantitative estimate of drug-likeness (QED) is 0.692. The molecule has 0 atom stereocenters. The third kappa shape index (κ3) is 2.61. The third-order valence-corrected chi connectivity index (χ3v) is 1.40. The van der Waals surface area contributed by atoms with Crippen molar-refractivity contribution in [3.05, 3.63) is 11.8 Å². The van der Waals surface area contributed by atoms with Crippen molar-refractivity contribution in [2.45, 2.75) is 19.3 Å². The summed E-state index contributed by atoms with van der Waals surface area (Å²) >= 11 is 0. The molecule has 1 rings (SSSR count). The maximum Gasteiger partial charge on any atom is 0.303 e. The van der Waals surface area contributed by atoms with E-state index < -0.39 is 5.97 Å². The van der Waals surface area contributed by atoms with Crippen molar-refractivity contribution in [3.8, 4) is 0 Å².